The van der Waals surface area contributed by atoms with Gasteiger partial charge in [-0.3, -0.25) is 4.68 Å². The molecule has 0 radical (unpaired) electrons. The zero-order chi connectivity index (χ0) is 11.1. The van der Waals surface area contributed by atoms with E-state index in [4.69, 9.17) is 0 Å². The maximum atomic E-state index is 4.40. The second-order valence-electron chi connectivity index (χ2n) is 5.47. The van der Waals surface area contributed by atoms with E-state index in [0.717, 1.165) is 6.54 Å². The van der Waals surface area contributed by atoms with Crippen molar-refractivity contribution in [2.45, 2.75) is 45.1 Å². The van der Waals surface area contributed by atoms with Gasteiger partial charge in [0.25, 0.3) is 0 Å². The third kappa shape index (κ3) is 1.93. The number of nitrogens with one attached hydrogen (secondary N) is 1. The van der Waals surface area contributed by atoms with E-state index in [1.807, 2.05) is 17.9 Å². The van der Waals surface area contributed by atoms with Gasteiger partial charge in [0.05, 0.1) is 11.9 Å². The molecule has 1 aliphatic heterocycles. The Morgan fingerprint density at radius 2 is 2.20 bits per heavy atom. The summed E-state index contributed by atoms with van der Waals surface area (Å²) >= 11 is 0. The van der Waals surface area contributed by atoms with Crippen LogP contribution in [0.25, 0.3) is 0 Å². The van der Waals surface area contributed by atoms with Crippen LogP contribution in [0, 0.1) is 0 Å². The van der Waals surface area contributed by atoms with Gasteiger partial charge in [-0.1, -0.05) is 20.8 Å². The summed E-state index contributed by atoms with van der Waals surface area (Å²) < 4.78 is 2.03. The molecule has 2 rings (SSSR count). The summed E-state index contributed by atoms with van der Waals surface area (Å²) in [6.45, 7) is 7.90. The highest BCUT2D eigenvalue weighted by Crippen LogP contribution is 2.32. The number of nitrogens with zero attached hydrogens (tertiary/aromatic N) is 2. The van der Waals surface area contributed by atoms with E-state index in [2.05, 4.69) is 31.2 Å². The van der Waals surface area contributed by atoms with Crippen LogP contribution in [-0.2, 0) is 12.5 Å². The smallest absolute Gasteiger partial charge is 0.0587 e. The molecule has 3 heteroatoms. The largest absolute Gasteiger partial charge is 0.309 e. The number of aromatic nitrogens is 2. The van der Waals surface area contributed by atoms with Crippen molar-refractivity contribution in [1.82, 2.24) is 15.1 Å². The number of aryl methyl sites for hydroxylation is 1. The van der Waals surface area contributed by atoms with Crippen LogP contribution in [0.5, 0.6) is 0 Å². The Bertz CT molecular complexity index is 340. The molecule has 1 fully saturated rings. The van der Waals surface area contributed by atoms with Crippen LogP contribution in [0.1, 0.15) is 50.9 Å². The Labute approximate surface area is 91.9 Å². The highest BCUT2D eigenvalue weighted by Gasteiger charge is 2.28. The molecule has 0 spiro atoms. The molecule has 3 nitrogen and oxygen atoms in total. The highest BCUT2D eigenvalue weighted by atomic mass is 15.3. The number of hydrogen-bond acceptors (Lipinski definition) is 2. The summed E-state index contributed by atoms with van der Waals surface area (Å²) in [7, 11) is 2.05. The van der Waals surface area contributed by atoms with Gasteiger partial charge in [0, 0.05) is 18.7 Å². The molecule has 0 amide bonds. The van der Waals surface area contributed by atoms with Gasteiger partial charge in [0.15, 0.2) is 0 Å². The van der Waals surface area contributed by atoms with Crippen molar-refractivity contribution in [3.05, 3.63) is 17.5 Å². The van der Waals surface area contributed by atoms with E-state index in [1.165, 1.54) is 24.1 Å². The van der Waals surface area contributed by atoms with Crippen LogP contribution < -0.4 is 5.32 Å². The average molecular weight is 207 g/mol. The van der Waals surface area contributed by atoms with Gasteiger partial charge in [-0.25, -0.2) is 0 Å². The molecule has 2 heterocycles. The lowest BCUT2D eigenvalue weighted by Gasteiger charge is -2.22. The first-order valence-electron chi connectivity index (χ1n) is 5.76. The van der Waals surface area contributed by atoms with E-state index in [0.29, 0.717) is 6.04 Å². The van der Waals surface area contributed by atoms with Crippen LogP contribution in [0.3, 0.4) is 0 Å². The Kier molecular flexibility index (Phi) is 2.59. The summed E-state index contributed by atoms with van der Waals surface area (Å²) in [4.78, 5) is 0. The van der Waals surface area contributed by atoms with E-state index in [9.17, 15) is 0 Å². The van der Waals surface area contributed by atoms with Crippen molar-refractivity contribution in [1.29, 1.82) is 0 Å². The molecule has 84 valence electrons. The lowest BCUT2D eigenvalue weighted by Crippen LogP contribution is -2.22. The minimum Gasteiger partial charge on any atom is -0.309 e. The van der Waals surface area contributed by atoms with E-state index >= 15 is 0 Å². The summed E-state index contributed by atoms with van der Waals surface area (Å²) in [5.41, 5.74) is 2.94. The fraction of sp³-hybridized carbons (Fsp3) is 0.750. The van der Waals surface area contributed by atoms with Crippen LogP contribution >= 0.6 is 0 Å². The molecule has 1 saturated heterocycles. The summed E-state index contributed by atoms with van der Waals surface area (Å²) in [6.07, 6.45) is 4.54. The minimum atomic E-state index is 0.188. The topological polar surface area (TPSA) is 29.9 Å². The van der Waals surface area contributed by atoms with Crippen molar-refractivity contribution in [3.63, 3.8) is 0 Å². The van der Waals surface area contributed by atoms with Gasteiger partial charge < -0.3 is 5.32 Å². The second-order valence-corrected chi connectivity index (χ2v) is 5.47. The molecular weight excluding hydrogens is 186 g/mol. The van der Waals surface area contributed by atoms with Crippen molar-refractivity contribution < 1.29 is 0 Å². The van der Waals surface area contributed by atoms with Gasteiger partial charge in [-0.05, 0) is 24.8 Å². The molecule has 0 bridgehead atoms. The third-order valence-electron chi connectivity index (χ3n) is 3.18. The molecule has 1 aromatic heterocycles. The molecule has 1 aliphatic rings. The van der Waals surface area contributed by atoms with Gasteiger partial charge in [-0.15, -0.1) is 0 Å². The lowest BCUT2D eigenvalue weighted by molar-refractivity contribution is 0.530. The fourth-order valence-corrected chi connectivity index (χ4v) is 2.36. The molecule has 1 atom stereocenters. The summed E-state index contributed by atoms with van der Waals surface area (Å²) in [5, 5.41) is 7.96. The molecule has 1 aromatic rings. The zero-order valence-electron chi connectivity index (χ0n) is 10.2. The standard InChI is InChI=1S/C12H21N3/c1-12(2,3)9-8-14-15(4)11(9)10-6-5-7-13-10/h8,10,13H,5-7H2,1-4H3. The van der Waals surface area contributed by atoms with Crippen molar-refractivity contribution in [3.8, 4) is 0 Å². The van der Waals surface area contributed by atoms with Gasteiger partial charge in [0.1, 0.15) is 0 Å². The molecule has 15 heavy (non-hydrogen) atoms. The molecule has 0 saturated carbocycles. The first-order chi connectivity index (χ1) is 7.00. The number of rotatable bonds is 1. The van der Waals surface area contributed by atoms with Gasteiger partial charge in [-0.2, -0.15) is 5.10 Å². The number of hydrogen-bond donors (Lipinski definition) is 1. The van der Waals surface area contributed by atoms with Crippen LogP contribution in [0.4, 0.5) is 0 Å². The first-order valence-corrected chi connectivity index (χ1v) is 5.76. The monoisotopic (exact) mass is 207 g/mol. The first kappa shape index (κ1) is 10.7. The third-order valence-corrected chi connectivity index (χ3v) is 3.18. The highest BCUT2D eigenvalue weighted by molar-refractivity contribution is 5.28. The Morgan fingerprint density at radius 3 is 2.73 bits per heavy atom. The Balaban J connectivity index is 2.39. The van der Waals surface area contributed by atoms with Crippen molar-refractivity contribution >= 4 is 0 Å². The van der Waals surface area contributed by atoms with Crippen LogP contribution in [-0.4, -0.2) is 16.3 Å². The van der Waals surface area contributed by atoms with Gasteiger partial charge >= 0.3 is 0 Å². The molecule has 0 aromatic carbocycles. The Morgan fingerprint density at radius 1 is 1.47 bits per heavy atom. The van der Waals surface area contributed by atoms with Crippen molar-refractivity contribution in [2.24, 2.45) is 7.05 Å². The molecule has 1 unspecified atom stereocenters. The van der Waals surface area contributed by atoms with Gasteiger partial charge in [0.2, 0.25) is 0 Å². The molecule has 1 N–H and O–H groups in total. The van der Waals surface area contributed by atoms with Crippen LogP contribution in [0.15, 0.2) is 6.20 Å². The quantitative estimate of drug-likeness (QED) is 0.764. The predicted molar refractivity (Wildman–Crippen MR) is 61.9 cm³/mol. The summed E-state index contributed by atoms with van der Waals surface area (Å²) in [6, 6.07) is 0.506. The zero-order valence-corrected chi connectivity index (χ0v) is 10.2. The Hall–Kier alpha value is -0.830. The fourth-order valence-electron chi connectivity index (χ4n) is 2.36. The van der Waals surface area contributed by atoms with Crippen molar-refractivity contribution in [2.75, 3.05) is 6.54 Å². The van der Waals surface area contributed by atoms with E-state index in [1.54, 1.807) is 0 Å². The lowest BCUT2D eigenvalue weighted by atomic mass is 9.85. The predicted octanol–water partition coefficient (Wildman–Crippen LogP) is 2.14. The second kappa shape index (κ2) is 3.63. The molecule has 0 aliphatic carbocycles. The SMILES string of the molecule is Cn1ncc(C(C)(C)C)c1C1CCCN1. The maximum Gasteiger partial charge on any atom is 0.0587 e. The van der Waals surface area contributed by atoms with Crippen LogP contribution in [0.2, 0.25) is 0 Å². The molecular formula is C12H21N3. The summed E-state index contributed by atoms with van der Waals surface area (Å²) in [5.74, 6) is 0. The minimum absolute atomic E-state index is 0.188. The van der Waals surface area contributed by atoms with E-state index < -0.39 is 0 Å². The average Bonchev–Trinajstić information content (AvgIpc) is 2.69. The maximum absolute atomic E-state index is 4.40. The van der Waals surface area contributed by atoms with E-state index in [-0.39, 0.29) is 5.41 Å². The normalized spacial score (nSPS) is 22.3.